The van der Waals surface area contributed by atoms with Crippen molar-refractivity contribution in [2.24, 2.45) is 5.92 Å². The number of allylic oxidation sites excluding steroid dienone is 2. The smallest absolute Gasteiger partial charge is 0.334 e. The summed E-state index contributed by atoms with van der Waals surface area (Å²) in [6, 6.07) is 3.29. The second-order valence-electron chi connectivity index (χ2n) is 8.75. The first-order valence-electron chi connectivity index (χ1n) is 10.4. The maximum Gasteiger partial charge on any atom is 0.334 e. The normalized spacial score (nSPS) is 32.0. The highest BCUT2D eigenvalue weighted by atomic mass is 19.1. The topological polar surface area (TPSA) is 69.5 Å². The molecule has 2 saturated heterocycles. The molecule has 3 heterocycles. The Labute approximate surface area is 178 Å². The highest BCUT2D eigenvalue weighted by Crippen LogP contribution is 2.49. The number of carbonyl (C=O) groups is 1. The molecule has 3 aliphatic rings. The maximum atomic E-state index is 13.5. The number of aromatic nitrogens is 3. The number of nitrogens with zero attached hydrogens (tertiary/aromatic N) is 3. The summed E-state index contributed by atoms with van der Waals surface area (Å²) >= 11 is 0. The molecule has 0 saturated carbocycles. The van der Waals surface area contributed by atoms with Crippen LogP contribution in [-0.2, 0) is 20.8 Å². The van der Waals surface area contributed by atoms with Gasteiger partial charge in [-0.15, -0.1) is 5.10 Å². The minimum atomic E-state index is -0.656. The molecule has 5 rings (SSSR count). The molecule has 0 bridgehead atoms. The number of epoxide rings is 1. The molecule has 0 N–H and O–H groups in total. The predicted octanol–water partition coefficient (Wildman–Crippen LogP) is 3.98. The van der Waals surface area contributed by atoms with Crippen LogP contribution in [0.15, 0.2) is 48.2 Å². The number of hydrogen-bond donors (Lipinski definition) is 0. The molecular weight excluding hydrogens is 404 g/mol. The van der Waals surface area contributed by atoms with Crippen molar-refractivity contribution in [1.29, 1.82) is 0 Å². The van der Waals surface area contributed by atoms with Crippen molar-refractivity contribution in [2.45, 2.75) is 57.0 Å². The van der Waals surface area contributed by atoms with Crippen LogP contribution in [0.3, 0.4) is 0 Å². The monoisotopic (exact) mass is 427 g/mol. The van der Waals surface area contributed by atoms with Crippen LogP contribution in [0.5, 0.6) is 0 Å². The highest BCUT2D eigenvalue weighted by molar-refractivity contribution is 5.91. The predicted molar refractivity (Wildman–Crippen MR) is 108 cm³/mol. The summed E-state index contributed by atoms with van der Waals surface area (Å²) in [7, 11) is 0. The Kier molecular flexibility index (Phi) is 4.77. The quantitative estimate of drug-likeness (QED) is 0.321. The zero-order valence-electron chi connectivity index (χ0n) is 17.2. The van der Waals surface area contributed by atoms with Crippen LogP contribution in [0.2, 0.25) is 0 Å². The van der Waals surface area contributed by atoms with Gasteiger partial charge in [-0.2, -0.15) is 0 Å². The van der Waals surface area contributed by atoms with Gasteiger partial charge in [-0.3, -0.25) is 0 Å². The van der Waals surface area contributed by atoms with E-state index in [1.807, 2.05) is 0 Å². The summed E-state index contributed by atoms with van der Waals surface area (Å²) in [6.45, 7) is 6.50. The van der Waals surface area contributed by atoms with E-state index in [0.717, 1.165) is 37.3 Å². The van der Waals surface area contributed by atoms with Crippen molar-refractivity contribution in [3.8, 4) is 11.3 Å². The van der Waals surface area contributed by atoms with E-state index in [9.17, 15) is 13.6 Å². The molecule has 1 aliphatic carbocycles. The van der Waals surface area contributed by atoms with E-state index in [1.165, 1.54) is 12.1 Å². The molecular formula is C23H23F2N3O3. The van der Waals surface area contributed by atoms with Crippen LogP contribution in [-0.4, -0.2) is 38.8 Å². The average molecular weight is 427 g/mol. The van der Waals surface area contributed by atoms with Crippen molar-refractivity contribution in [1.82, 2.24) is 15.0 Å². The SMILES string of the molecule is C=C1C(=O)O[C@H]2[C@H]1CC/C(Cn1cc(-c3cc(F)cc(F)c3)nn1)=C\CC[C@@]1(C)O[C@@H]21. The third-order valence-electron chi connectivity index (χ3n) is 6.50. The fourth-order valence-corrected chi connectivity index (χ4v) is 4.68. The molecule has 0 radical (unpaired) electrons. The zero-order valence-corrected chi connectivity index (χ0v) is 17.2. The molecule has 2 aliphatic heterocycles. The first-order valence-corrected chi connectivity index (χ1v) is 10.4. The maximum absolute atomic E-state index is 13.5. The molecule has 0 amide bonds. The molecule has 4 atom stereocenters. The fourth-order valence-electron chi connectivity index (χ4n) is 4.68. The second kappa shape index (κ2) is 7.37. The van der Waals surface area contributed by atoms with E-state index in [2.05, 4.69) is 29.9 Å². The van der Waals surface area contributed by atoms with E-state index in [-0.39, 0.29) is 29.7 Å². The Bertz CT molecular complexity index is 1080. The van der Waals surface area contributed by atoms with Crippen molar-refractivity contribution in [2.75, 3.05) is 0 Å². The van der Waals surface area contributed by atoms with E-state index in [0.29, 0.717) is 23.4 Å². The van der Waals surface area contributed by atoms with Gasteiger partial charge in [0.2, 0.25) is 0 Å². The number of fused-ring (bicyclic) bond motifs is 3. The number of esters is 1. The molecule has 0 spiro atoms. The average Bonchev–Trinajstić information content (AvgIpc) is 3.03. The standard InChI is InChI=1S/C23H23F2N3O3/c1-13-18-6-5-14(4-3-7-23(2)21(31-23)20(18)30-22(13)29)11-28-12-19(26-27-28)15-8-16(24)10-17(25)9-15/h4,8-10,12,18,20-21H,1,3,5-7,11H2,2H3/b14-4+/t18-,20-,21-,23+/m0/s1. The van der Waals surface area contributed by atoms with Gasteiger partial charge in [0.1, 0.15) is 29.5 Å². The van der Waals surface area contributed by atoms with Crippen molar-refractivity contribution < 1.29 is 23.0 Å². The molecule has 1 aromatic carbocycles. The van der Waals surface area contributed by atoms with Gasteiger partial charge in [0.15, 0.2) is 0 Å². The summed E-state index contributed by atoms with van der Waals surface area (Å²) < 4.78 is 40.2. The fraction of sp³-hybridized carbons (Fsp3) is 0.435. The first-order chi connectivity index (χ1) is 14.8. The number of benzene rings is 1. The lowest BCUT2D eigenvalue weighted by molar-refractivity contribution is -0.140. The van der Waals surface area contributed by atoms with Gasteiger partial charge in [0.25, 0.3) is 0 Å². The van der Waals surface area contributed by atoms with Gasteiger partial charge in [0, 0.05) is 23.1 Å². The molecule has 31 heavy (non-hydrogen) atoms. The summed E-state index contributed by atoms with van der Waals surface area (Å²) in [5.41, 5.74) is 2.13. The summed E-state index contributed by atoms with van der Waals surface area (Å²) in [5.74, 6) is -1.71. The number of halogens is 2. The van der Waals surface area contributed by atoms with E-state index < -0.39 is 11.6 Å². The Morgan fingerprint density at radius 2 is 2.06 bits per heavy atom. The number of rotatable bonds is 3. The van der Waals surface area contributed by atoms with Crippen LogP contribution >= 0.6 is 0 Å². The minimum Gasteiger partial charge on any atom is -0.455 e. The Balaban J connectivity index is 1.34. The van der Waals surface area contributed by atoms with Crippen molar-refractivity contribution in [3.63, 3.8) is 0 Å². The molecule has 2 fully saturated rings. The summed E-state index contributed by atoms with van der Waals surface area (Å²) in [4.78, 5) is 12.1. The second-order valence-corrected chi connectivity index (χ2v) is 8.75. The van der Waals surface area contributed by atoms with E-state index in [1.54, 1.807) is 10.9 Å². The molecule has 6 nitrogen and oxygen atoms in total. The minimum absolute atomic E-state index is 0.0672. The molecule has 8 heteroatoms. The summed E-state index contributed by atoms with van der Waals surface area (Å²) in [5, 5.41) is 8.20. The van der Waals surface area contributed by atoms with Crippen LogP contribution < -0.4 is 0 Å². The molecule has 162 valence electrons. The zero-order chi connectivity index (χ0) is 21.8. The van der Waals surface area contributed by atoms with Gasteiger partial charge in [-0.1, -0.05) is 23.4 Å². The van der Waals surface area contributed by atoms with Gasteiger partial charge in [-0.25, -0.2) is 18.3 Å². The van der Waals surface area contributed by atoms with Crippen LogP contribution in [0.4, 0.5) is 8.78 Å². The highest BCUT2D eigenvalue weighted by Gasteiger charge is 2.61. The van der Waals surface area contributed by atoms with Crippen molar-refractivity contribution in [3.05, 3.63) is 59.8 Å². The lowest BCUT2D eigenvalue weighted by Crippen LogP contribution is -2.29. The van der Waals surface area contributed by atoms with E-state index >= 15 is 0 Å². The summed E-state index contributed by atoms with van der Waals surface area (Å²) in [6.07, 6.45) is 6.68. The third kappa shape index (κ3) is 3.80. The Morgan fingerprint density at radius 1 is 1.29 bits per heavy atom. The van der Waals surface area contributed by atoms with Crippen LogP contribution in [0.25, 0.3) is 11.3 Å². The van der Waals surface area contributed by atoms with Crippen LogP contribution in [0, 0.1) is 17.6 Å². The third-order valence-corrected chi connectivity index (χ3v) is 6.50. The van der Waals surface area contributed by atoms with Gasteiger partial charge >= 0.3 is 5.97 Å². The molecule has 2 aromatic rings. The van der Waals surface area contributed by atoms with Crippen molar-refractivity contribution >= 4 is 5.97 Å². The first kappa shape index (κ1) is 20.1. The number of carbonyl (C=O) groups excluding carboxylic acids is 1. The number of ether oxygens (including phenoxy) is 2. The molecule has 1 aromatic heterocycles. The van der Waals surface area contributed by atoms with E-state index in [4.69, 9.17) is 9.47 Å². The number of hydrogen-bond acceptors (Lipinski definition) is 5. The lowest BCUT2D eigenvalue weighted by atomic mass is 9.84. The molecule has 0 unspecified atom stereocenters. The van der Waals surface area contributed by atoms with Gasteiger partial charge in [-0.05, 0) is 44.7 Å². The van der Waals surface area contributed by atoms with Gasteiger partial charge in [0.05, 0.1) is 18.3 Å². The Morgan fingerprint density at radius 3 is 2.84 bits per heavy atom. The lowest BCUT2D eigenvalue weighted by Gasteiger charge is -2.20. The Hall–Kier alpha value is -2.87. The largest absolute Gasteiger partial charge is 0.455 e. The van der Waals surface area contributed by atoms with Crippen LogP contribution in [0.1, 0.15) is 32.6 Å². The van der Waals surface area contributed by atoms with Gasteiger partial charge < -0.3 is 9.47 Å².